The quantitative estimate of drug-likeness (QED) is 0.617. The monoisotopic (exact) mass is 256 g/mol. The molecular formula is C11H16N2O3S. The lowest BCUT2D eigenvalue weighted by Gasteiger charge is -2.09. The summed E-state index contributed by atoms with van der Waals surface area (Å²) in [4.78, 5) is 10.2. The predicted molar refractivity (Wildman–Crippen MR) is 68.3 cm³/mol. The summed E-state index contributed by atoms with van der Waals surface area (Å²) in [6, 6.07) is 6.50. The number of nitro benzene ring substituents is 1. The van der Waals surface area contributed by atoms with Gasteiger partial charge in [-0.2, -0.15) is 0 Å². The molecule has 0 aliphatic heterocycles. The van der Waals surface area contributed by atoms with Crippen molar-refractivity contribution in [3.05, 3.63) is 39.9 Å². The summed E-state index contributed by atoms with van der Waals surface area (Å²) in [5.41, 5.74) is 0.949. The van der Waals surface area contributed by atoms with Crippen LogP contribution in [0.4, 0.5) is 5.69 Å². The van der Waals surface area contributed by atoms with E-state index in [2.05, 4.69) is 5.32 Å². The van der Waals surface area contributed by atoms with E-state index < -0.39 is 15.7 Å². The van der Waals surface area contributed by atoms with E-state index in [9.17, 15) is 14.3 Å². The molecule has 1 rings (SSSR count). The Morgan fingerprint density at radius 1 is 1.53 bits per heavy atom. The van der Waals surface area contributed by atoms with Gasteiger partial charge in [-0.1, -0.05) is 12.1 Å². The Kier molecular flexibility index (Phi) is 5.24. The average molecular weight is 256 g/mol. The van der Waals surface area contributed by atoms with Crippen molar-refractivity contribution in [1.82, 2.24) is 5.32 Å². The molecule has 0 aliphatic rings. The molecule has 0 spiro atoms. The number of hydrogen-bond donors (Lipinski definition) is 1. The zero-order valence-electron chi connectivity index (χ0n) is 9.88. The fourth-order valence-electron chi connectivity index (χ4n) is 1.32. The molecule has 17 heavy (non-hydrogen) atoms. The van der Waals surface area contributed by atoms with Gasteiger partial charge in [-0.3, -0.25) is 14.3 Å². The highest BCUT2D eigenvalue weighted by molar-refractivity contribution is 7.84. The molecule has 0 saturated carbocycles. The Morgan fingerprint density at radius 2 is 2.24 bits per heavy atom. The van der Waals surface area contributed by atoms with Gasteiger partial charge in [0.2, 0.25) is 0 Å². The lowest BCUT2D eigenvalue weighted by molar-refractivity contribution is -0.384. The van der Waals surface area contributed by atoms with Gasteiger partial charge in [0, 0.05) is 47.5 Å². The maximum absolute atomic E-state index is 11.1. The first-order valence-electron chi connectivity index (χ1n) is 5.27. The molecule has 5 nitrogen and oxygen atoms in total. The number of nitrogens with zero attached hydrogens (tertiary/aromatic N) is 1. The lowest BCUT2D eigenvalue weighted by Crippen LogP contribution is -2.27. The third-order valence-electron chi connectivity index (χ3n) is 2.45. The molecule has 94 valence electrons. The van der Waals surface area contributed by atoms with Crippen molar-refractivity contribution in [2.75, 3.05) is 12.8 Å². The van der Waals surface area contributed by atoms with Gasteiger partial charge in [-0.25, -0.2) is 0 Å². The van der Waals surface area contributed by atoms with Gasteiger partial charge < -0.3 is 5.32 Å². The third kappa shape index (κ3) is 4.62. The standard InChI is InChI=1S/C11H16N2O3S/c1-9(17(2)16)7-12-8-10-4-3-5-11(6-10)13(14)15/h3-6,9,12H,7-8H2,1-2H3. The highest BCUT2D eigenvalue weighted by Crippen LogP contribution is 2.12. The summed E-state index contributed by atoms with van der Waals surface area (Å²) < 4.78 is 11.1. The van der Waals surface area contributed by atoms with Gasteiger partial charge in [0.05, 0.1) is 4.92 Å². The molecule has 0 bridgehead atoms. The van der Waals surface area contributed by atoms with Crippen LogP contribution in [0.25, 0.3) is 0 Å². The Hall–Kier alpha value is -1.27. The van der Waals surface area contributed by atoms with E-state index in [4.69, 9.17) is 0 Å². The number of rotatable bonds is 6. The molecule has 0 aliphatic carbocycles. The predicted octanol–water partition coefficient (Wildman–Crippen LogP) is 1.45. The second-order valence-electron chi connectivity index (χ2n) is 3.87. The van der Waals surface area contributed by atoms with Crippen LogP contribution in [0.3, 0.4) is 0 Å². The van der Waals surface area contributed by atoms with Crippen molar-refractivity contribution in [2.45, 2.75) is 18.7 Å². The Bertz CT molecular complexity index is 423. The van der Waals surface area contributed by atoms with Gasteiger partial charge in [0.25, 0.3) is 5.69 Å². The molecule has 0 amide bonds. The summed E-state index contributed by atoms with van der Waals surface area (Å²) in [5.74, 6) is 0. The highest BCUT2D eigenvalue weighted by Gasteiger charge is 2.07. The van der Waals surface area contributed by atoms with E-state index >= 15 is 0 Å². The zero-order chi connectivity index (χ0) is 12.8. The summed E-state index contributed by atoms with van der Waals surface area (Å²) in [6.07, 6.45) is 1.67. The first-order chi connectivity index (χ1) is 8.00. The van der Waals surface area contributed by atoms with E-state index in [0.29, 0.717) is 13.1 Å². The zero-order valence-corrected chi connectivity index (χ0v) is 10.7. The van der Waals surface area contributed by atoms with E-state index in [1.165, 1.54) is 6.07 Å². The maximum Gasteiger partial charge on any atom is 0.269 e. The Morgan fingerprint density at radius 3 is 2.82 bits per heavy atom. The van der Waals surface area contributed by atoms with E-state index in [1.54, 1.807) is 18.4 Å². The summed E-state index contributed by atoms with van der Waals surface area (Å²) in [7, 11) is -0.851. The van der Waals surface area contributed by atoms with Crippen LogP contribution in [0.1, 0.15) is 12.5 Å². The van der Waals surface area contributed by atoms with Crippen molar-refractivity contribution in [2.24, 2.45) is 0 Å². The second kappa shape index (κ2) is 6.46. The van der Waals surface area contributed by atoms with E-state index in [-0.39, 0.29) is 10.9 Å². The largest absolute Gasteiger partial charge is 0.311 e. The minimum absolute atomic E-state index is 0.0775. The number of non-ortho nitro benzene ring substituents is 1. The molecule has 1 N–H and O–H groups in total. The fraction of sp³-hybridized carbons (Fsp3) is 0.455. The smallest absolute Gasteiger partial charge is 0.269 e. The number of hydrogen-bond acceptors (Lipinski definition) is 4. The van der Waals surface area contributed by atoms with Crippen LogP contribution in [0.5, 0.6) is 0 Å². The number of nitro groups is 1. The third-order valence-corrected chi connectivity index (χ3v) is 3.75. The van der Waals surface area contributed by atoms with Crippen molar-refractivity contribution < 1.29 is 9.13 Å². The van der Waals surface area contributed by atoms with E-state index in [1.807, 2.05) is 13.0 Å². The van der Waals surface area contributed by atoms with E-state index in [0.717, 1.165) is 5.56 Å². The van der Waals surface area contributed by atoms with Gasteiger partial charge >= 0.3 is 0 Å². The van der Waals surface area contributed by atoms with Crippen LogP contribution >= 0.6 is 0 Å². The molecule has 0 fully saturated rings. The highest BCUT2D eigenvalue weighted by atomic mass is 32.2. The molecule has 2 unspecified atom stereocenters. The van der Waals surface area contributed by atoms with Crippen LogP contribution in [0, 0.1) is 10.1 Å². The number of nitrogens with one attached hydrogen (secondary N) is 1. The molecule has 0 saturated heterocycles. The SMILES string of the molecule is CC(CNCc1cccc([N+](=O)[O-])c1)S(C)=O. The molecule has 0 aromatic heterocycles. The lowest BCUT2D eigenvalue weighted by atomic mass is 10.2. The van der Waals surface area contributed by atoms with Gasteiger partial charge in [-0.05, 0) is 12.5 Å². The van der Waals surface area contributed by atoms with Crippen molar-refractivity contribution >= 4 is 16.5 Å². The van der Waals surface area contributed by atoms with Crippen LogP contribution in [-0.2, 0) is 17.3 Å². The normalized spacial score (nSPS) is 14.2. The fourth-order valence-corrected chi connectivity index (χ4v) is 1.67. The molecule has 6 heteroatoms. The second-order valence-corrected chi connectivity index (χ2v) is 5.67. The van der Waals surface area contributed by atoms with Crippen LogP contribution in [-0.4, -0.2) is 27.2 Å². The molecule has 1 aromatic rings. The number of benzene rings is 1. The minimum Gasteiger partial charge on any atom is -0.311 e. The first-order valence-corrected chi connectivity index (χ1v) is 6.89. The summed E-state index contributed by atoms with van der Waals surface area (Å²) in [5, 5.41) is 13.8. The molecule has 0 heterocycles. The first kappa shape index (κ1) is 13.8. The van der Waals surface area contributed by atoms with Crippen molar-refractivity contribution in [3.63, 3.8) is 0 Å². The Labute approximate surface area is 103 Å². The van der Waals surface area contributed by atoms with Crippen LogP contribution in [0.2, 0.25) is 0 Å². The summed E-state index contributed by atoms with van der Waals surface area (Å²) >= 11 is 0. The van der Waals surface area contributed by atoms with Crippen molar-refractivity contribution in [3.8, 4) is 0 Å². The molecule has 2 atom stereocenters. The Balaban J connectivity index is 2.49. The van der Waals surface area contributed by atoms with Gasteiger partial charge in [-0.15, -0.1) is 0 Å². The van der Waals surface area contributed by atoms with Crippen LogP contribution < -0.4 is 5.32 Å². The summed E-state index contributed by atoms with van der Waals surface area (Å²) in [6.45, 7) is 3.07. The topological polar surface area (TPSA) is 72.2 Å². The van der Waals surface area contributed by atoms with Crippen LogP contribution in [0.15, 0.2) is 24.3 Å². The maximum atomic E-state index is 11.1. The van der Waals surface area contributed by atoms with Crippen molar-refractivity contribution in [1.29, 1.82) is 0 Å². The minimum atomic E-state index is -0.851. The molecular weight excluding hydrogens is 240 g/mol. The van der Waals surface area contributed by atoms with Gasteiger partial charge in [0.15, 0.2) is 0 Å². The molecule has 0 radical (unpaired) electrons. The average Bonchev–Trinajstić information content (AvgIpc) is 2.29. The van der Waals surface area contributed by atoms with Gasteiger partial charge in [0.1, 0.15) is 0 Å². The molecule has 1 aromatic carbocycles.